The average molecular weight is 266 g/mol. The van der Waals surface area contributed by atoms with Gasteiger partial charge < -0.3 is 11.1 Å². The Morgan fingerprint density at radius 3 is 2.33 bits per heavy atom. The maximum Gasteiger partial charge on any atom is 0.391 e. The van der Waals surface area contributed by atoms with Crippen LogP contribution in [0.4, 0.5) is 13.2 Å². The molecule has 1 fully saturated rings. The van der Waals surface area contributed by atoms with E-state index >= 15 is 0 Å². The predicted molar refractivity (Wildman–Crippen MR) is 62.8 cm³/mol. The van der Waals surface area contributed by atoms with Crippen molar-refractivity contribution in [3.05, 3.63) is 0 Å². The topological polar surface area (TPSA) is 55.1 Å². The third-order valence-corrected chi connectivity index (χ3v) is 3.62. The van der Waals surface area contributed by atoms with Crippen LogP contribution in [-0.4, -0.2) is 24.7 Å². The van der Waals surface area contributed by atoms with E-state index in [0.717, 1.165) is 6.42 Å². The van der Waals surface area contributed by atoms with Gasteiger partial charge in [0, 0.05) is 18.5 Å². The van der Waals surface area contributed by atoms with Gasteiger partial charge in [0.15, 0.2) is 0 Å². The fourth-order valence-corrected chi connectivity index (χ4v) is 2.20. The fraction of sp³-hybridized carbons (Fsp3) is 0.917. The van der Waals surface area contributed by atoms with E-state index < -0.39 is 12.1 Å². The zero-order valence-electron chi connectivity index (χ0n) is 10.6. The van der Waals surface area contributed by atoms with E-state index in [-0.39, 0.29) is 30.7 Å². The summed E-state index contributed by atoms with van der Waals surface area (Å²) in [6.07, 6.45) is -2.61. The molecule has 6 heteroatoms. The number of halogens is 3. The lowest BCUT2D eigenvalue weighted by atomic mass is 9.81. The maximum absolute atomic E-state index is 12.5. The molecule has 1 unspecified atom stereocenters. The molecule has 3 nitrogen and oxygen atoms in total. The molecule has 106 valence electrons. The number of carbonyl (C=O) groups excluding carboxylic acids is 1. The summed E-state index contributed by atoms with van der Waals surface area (Å²) in [4.78, 5) is 11.7. The van der Waals surface area contributed by atoms with Crippen LogP contribution in [0.5, 0.6) is 0 Å². The van der Waals surface area contributed by atoms with Gasteiger partial charge in [-0.2, -0.15) is 13.2 Å². The Bertz CT molecular complexity index is 273. The van der Waals surface area contributed by atoms with Gasteiger partial charge in [0.1, 0.15) is 0 Å². The Hall–Kier alpha value is -0.780. The molecule has 1 aliphatic rings. The molecular weight excluding hydrogens is 245 g/mol. The van der Waals surface area contributed by atoms with Crippen molar-refractivity contribution in [2.45, 2.75) is 51.2 Å². The number of hydrogen-bond acceptors (Lipinski definition) is 2. The summed E-state index contributed by atoms with van der Waals surface area (Å²) in [5.74, 6) is -1.67. The second-order valence-corrected chi connectivity index (χ2v) is 5.00. The highest BCUT2D eigenvalue weighted by molar-refractivity contribution is 5.78. The molecule has 1 atom stereocenters. The lowest BCUT2D eigenvalue weighted by molar-refractivity contribution is -0.184. The third-order valence-electron chi connectivity index (χ3n) is 3.62. The number of hydrogen-bond donors (Lipinski definition) is 2. The zero-order chi connectivity index (χ0) is 13.8. The number of rotatable bonds is 4. The van der Waals surface area contributed by atoms with Crippen molar-refractivity contribution in [3.8, 4) is 0 Å². The van der Waals surface area contributed by atoms with Crippen LogP contribution in [0, 0.1) is 11.8 Å². The number of amides is 1. The molecule has 0 aromatic carbocycles. The van der Waals surface area contributed by atoms with Gasteiger partial charge in [-0.1, -0.05) is 6.92 Å². The SMILES string of the molecule is CCC(N)CNC(=O)C1CCC(C(F)(F)F)CC1. The first-order chi connectivity index (χ1) is 8.34. The minimum absolute atomic E-state index is 0.0570. The molecule has 0 saturated heterocycles. The lowest BCUT2D eigenvalue weighted by Crippen LogP contribution is -2.41. The standard InChI is InChI=1S/C12H21F3N2O/c1-2-10(16)7-17-11(18)8-3-5-9(6-4-8)12(13,14)15/h8-10H,2-7,16H2,1H3,(H,17,18). The van der Waals surface area contributed by atoms with Crippen LogP contribution in [-0.2, 0) is 4.79 Å². The summed E-state index contributed by atoms with van der Waals surface area (Å²) in [6.45, 7) is 2.32. The molecule has 0 aliphatic heterocycles. The molecule has 1 aliphatic carbocycles. The molecule has 1 amide bonds. The summed E-state index contributed by atoms with van der Waals surface area (Å²) < 4.78 is 37.4. The minimum atomic E-state index is -4.12. The van der Waals surface area contributed by atoms with Crippen LogP contribution in [0.3, 0.4) is 0 Å². The fourth-order valence-electron chi connectivity index (χ4n) is 2.20. The molecule has 1 rings (SSSR count). The van der Waals surface area contributed by atoms with Crippen LogP contribution in [0.15, 0.2) is 0 Å². The molecule has 0 spiro atoms. The van der Waals surface area contributed by atoms with Gasteiger partial charge in [0.2, 0.25) is 5.91 Å². The molecule has 18 heavy (non-hydrogen) atoms. The highest BCUT2D eigenvalue weighted by atomic mass is 19.4. The van der Waals surface area contributed by atoms with Gasteiger partial charge in [-0.3, -0.25) is 4.79 Å². The second-order valence-electron chi connectivity index (χ2n) is 5.00. The van der Waals surface area contributed by atoms with Crippen molar-refractivity contribution in [2.24, 2.45) is 17.6 Å². The monoisotopic (exact) mass is 266 g/mol. The maximum atomic E-state index is 12.5. The van der Waals surface area contributed by atoms with Crippen LogP contribution in [0.2, 0.25) is 0 Å². The predicted octanol–water partition coefficient (Wildman–Crippen LogP) is 2.21. The molecule has 0 aromatic heterocycles. The Kier molecular flexibility index (Phi) is 5.44. The molecule has 0 aromatic rings. The Morgan fingerprint density at radius 2 is 1.89 bits per heavy atom. The zero-order valence-corrected chi connectivity index (χ0v) is 10.6. The van der Waals surface area contributed by atoms with Crippen LogP contribution in [0.25, 0.3) is 0 Å². The van der Waals surface area contributed by atoms with Crippen LogP contribution >= 0.6 is 0 Å². The van der Waals surface area contributed by atoms with Crippen molar-refractivity contribution in [1.29, 1.82) is 0 Å². The van der Waals surface area contributed by atoms with Crippen molar-refractivity contribution >= 4 is 5.91 Å². The average Bonchev–Trinajstić information content (AvgIpc) is 2.34. The summed E-state index contributed by atoms with van der Waals surface area (Å²) in [5.41, 5.74) is 5.67. The molecule has 0 heterocycles. The number of nitrogens with two attached hydrogens (primary N) is 1. The first-order valence-corrected chi connectivity index (χ1v) is 6.44. The van der Waals surface area contributed by atoms with E-state index in [9.17, 15) is 18.0 Å². The molecule has 1 saturated carbocycles. The normalized spacial score (nSPS) is 26.7. The van der Waals surface area contributed by atoms with Gasteiger partial charge in [0.05, 0.1) is 5.92 Å². The molecular formula is C12H21F3N2O. The Morgan fingerprint density at radius 1 is 1.33 bits per heavy atom. The Labute approximate surface area is 105 Å². The largest absolute Gasteiger partial charge is 0.391 e. The second kappa shape index (κ2) is 6.41. The van der Waals surface area contributed by atoms with Gasteiger partial charge in [-0.15, -0.1) is 0 Å². The van der Waals surface area contributed by atoms with E-state index in [1.807, 2.05) is 6.92 Å². The molecule has 3 N–H and O–H groups in total. The van der Waals surface area contributed by atoms with E-state index in [0.29, 0.717) is 19.4 Å². The quantitative estimate of drug-likeness (QED) is 0.819. The van der Waals surface area contributed by atoms with Crippen LogP contribution in [0.1, 0.15) is 39.0 Å². The molecule has 0 radical (unpaired) electrons. The van der Waals surface area contributed by atoms with E-state index in [2.05, 4.69) is 5.32 Å². The van der Waals surface area contributed by atoms with Crippen molar-refractivity contribution in [3.63, 3.8) is 0 Å². The lowest BCUT2D eigenvalue weighted by Gasteiger charge is -2.29. The summed E-state index contributed by atoms with van der Waals surface area (Å²) in [7, 11) is 0. The summed E-state index contributed by atoms with van der Waals surface area (Å²) >= 11 is 0. The highest BCUT2D eigenvalue weighted by Gasteiger charge is 2.42. The van der Waals surface area contributed by atoms with Gasteiger partial charge in [-0.25, -0.2) is 0 Å². The smallest absolute Gasteiger partial charge is 0.354 e. The van der Waals surface area contributed by atoms with Crippen molar-refractivity contribution in [1.82, 2.24) is 5.32 Å². The first kappa shape index (κ1) is 15.3. The number of carbonyl (C=O) groups is 1. The van der Waals surface area contributed by atoms with Crippen LogP contribution < -0.4 is 11.1 Å². The third kappa shape index (κ3) is 4.48. The summed E-state index contributed by atoms with van der Waals surface area (Å²) in [6, 6.07) is -0.0829. The van der Waals surface area contributed by atoms with E-state index in [4.69, 9.17) is 5.73 Å². The molecule has 0 bridgehead atoms. The van der Waals surface area contributed by atoms with Gasteiger partial charge in [0.25, 0.3) is 0 Å². The van der Waals surface area contributed by atoms with Crippen molar-refractivity contribution in [2.75, 3.05) is 6.54 Å². The highest BCUT2D eigenvalue weighted by Crippen LogP contribution is 2.39. The number of nitrogens with one attached hydrogen (secondary N) is 1. The first-order valence-electron chi connectivity index (χ1n) is 6.44. The minimum Gasteiger partial charge on any atom is -0.354 e. The Balaban J connectivity index is 2.32. The van der Waals surface area contributed by atoms with E-state index in [1.165, 1.54) is 0 Å². The number of alkyl halides is 3. The van der Waals surface area contributed by atoms with E-state index in [1.54, 1.807) is 0 Å². The summed E-state index contributed by atoms with van der Waals surface area (Å²) in [5, 5.41) is 2.71. The van der Waals surface area contributed by atoms with Crippen molar-refractivity contribution < 1.29 is 18.0 Å². The van der Waals surface area contributed by atoms with Gasteiger partial charge in [-0.05, 0) is 32.1 Å². The van der Waals surface area contributed by atoms with Gasteiger partial charge >= 0.3 is 6.18 Å².